The van der Waals surface area contributed by atoms with Crippen LogP contribution in [-0.4, -0.2) is 41.5 Å². The molecule has 0 saturated carbocycles. The largest absolute Gasteiger partial charge is 0.467 e. The van der Waals surface area contributed by atoms with Gasteiger partial charge in [-0.15, -0.1) is 11.3 Å². The Morgan fingerprint density at radius 3 is 2.65 bits per heavy atom. The van der Waals surface area contributed by atoms with Crippen LogP contribution in [0.25, 0.3) is 21.3 Å². The Morgan fingerprint density at radius 1 is 1.22 bits per heavy atom. The van der Waals surface area contributed by atoms with E-state index in [1.807, 2.05) is 5.38 Å². The summed E-state index contributed by atoms with van der Waals surface area (Å²) >= 11 is 1.54. The van der Waals surface area contributed by atoms with E-state index < -0.39 is 0 Å². The van der Waals surface area contributed by atoms with Crippen LogP contribution in [0, 0.1) is 6.92 Å². The van der Waals surface area contributed by atoms with E-state index in [0.717, 1.165) is 21.3 Å². The van der Waals surface area contributed by atoms with Crippen molar-refractivity contribution in [1.82, 2.24) is 14.9 Å². The van der Waals surface area contributed by atoms with Gasteiger partial charge in [-0.05, 0) is 12.5 Å². The highest BCUT2D eigenvalue weighted by molar-refractivity contribution is 7.17. The van der Waals surface area contributed by atoms with Crippen molar-refractivity contribution in [3.8, 4) is 17.0 Å². The van der Waals surface area contributed by atoms with E-state index in [9.17, 15) is 4.79 Å². The number of likely N-dealkylation sites (N-methyl/N-ethyl adjacent to an activating group) is 1. The fourth-order valence-electron chi connectivity index (χ4n) is 2.16. The zero-order chi connectivity index (χ0) is 16.4. The second kappa shape index (κ2) is 6.34. The van der Waals surface area contributed by atoms with E-state index in [1.165, 1.54) is 16.8 Å². The van der Waals surface area contributed by atoms with Gasteiger partial charge < -0.3 is 9.64 Å². The first-order valence-corrected chi connectivity index (χ1v) is 8.06. The summed E-state index contributed by atoms with van der Waals surface area (Å²) < 4.78 is 5.65. The lowest BCUT2D eigenvalue weighted by Gasteiger charge is -2.11. The lowest BCUT2D eigenvalue weighted by molar-refractivity contribution is -0.130. The smallest absolute Gasteiger partial charge is 0.260 e. The van der Waals surface area contributed by atoms with E-state index >= 15 is 0 Å². The third kappa shape index (κ3) is 3.17. The fraction of sp³-hybridized carbons (Fsp3) is 0.235. The quantitative estimate of drug-likeness (QED) is 0.739. The first kappa shape index (κ1) is 15.4. The van der Waals surface area contributed by atoms with Crippen LogP contribution in [0.4, 0.5) is 0 Å². The van der Waals surface area contributed by atoms with Crippen LogP contribution in [0.15, 0.2) is 36.0 Å². The molecule has 2 aromatic heterocycles. The van der Waals surface area contributed by atoms with Gasteiger partial charge in [0.15, 0.2) is 6.61 Å². The number of hydrogen-bond acceptors (Lipinski definition) is 5. The van der Waals surface area contributed by atoms with E-state index in [2.05, 4.69) is 41.2 Å². The lowest BCUT2D eigenvalue weighted by Crippen LogP contribution is -2.27. The van der Waals surface area contributed by atoms with Crippen molar-refractivity contribution < 1.29 is 9.53 Å². The van der Waals surface area contributed by atoms with Crippen molar-refractivity contribution in [1.29, 1.82) is 0 Å². The van der Waals surface area contributed by atoms with Gasteiger partial charge in [-0.25, -0.2) is 9.97 Å². The summed E-state index contributed by atoms with van der Waals surface area (Å²) in [5.74, 6) is 0.339. The highest BCUT2D eigenvalue weighted by Crippen LogP contribution is 2.37. The maximum atomic E-state index is 11.7. The molecule has 3 aromatic rings. The number of hydrogen-bond donors (Lipinski definition) is 0. The van der Waals surface area contributed by atoms with Crippen LogP contribution in [0.1, 0.15) is 5.56 Å². The number of rotatable bonds is 4. The minimum Gasteiger partial charge on any atom is -0.467 e. The minimum atomic E-state index is -0.108. The van der Waals surface area contributed by atoms with E-state index in [4.69, 9.17) is 4.74 Å². The molecule has 118 valence electrons. The Balaban J connectivity index is 2.00. The molecule has 0 bridgehead atoms. The molecule has 0 N–H and O–H groups in total. The molecule has 0 radical (unpaired) electrons. The third-order valence-corrected chi connectivity index (χ3v) is 4.42. The maximum Gasteiger partial charge on any atom is 0.260 e. The van der Waals surface area contributed by atoms with E-state index in [1.54, 1.807) is 25.4 Å². The Bertz CT molecular complexity index is 841. The lowest BCUT2D eigenvalue weighted by atomic mass is 10.0. The molecule has 2 heterocycles. The molecule has 0 atom stereocenters. The predicted molar refractivity (Wildman–Crippen MR) is 91.8 cm³/mol. The highest BCUT2D eigenvalue weighted by Gasteiger charge is 2.15. The van der Waals surface area contributed by atoms with Gasteiger partial charge >= 0.3 is 0 Å². The molecule has 0 aliphatic heterocycles. The molecular formula is C17H17N3O2S. The van der Waals surface area contributed by atoms with Crippen LogP contribution in [-0.2, 0) is 4.79 Å². The second-order valence-electron chi connectivity index (χ2n) is 5.45. The van der Waals surface area contributed by atoms with Crippen LogP contribution < -0.4 is 4.74 Å². The summed E-state index contributed by atoms with van der Waals surface area (Å²) in [5.41, 5.74) is 3.32. The predicted octanol–water partition coefficient (Wildman–Crippen LogP) is 3.13. The van der Waals surface area contributed by atoms with Gasteiger partial charge in [0.1, 0.15) is 11.2 Å². The third-order valence-electron chi connectivity index (χ3n) is 3.53. The summed E-state index contributed by atoms with van der Waals surface area (Å²) in [6.45, 7) is 2.02. The SMILES string of the molecule is Cc1ccc(-c2csc3ncnc(OCC(=O)N(C)C)c23)cc1. The van der Waals surface area contributed by atoms with Crippen molar-refractivity contribution in [3.05, 3.63) is 41.5 Å². The molecule has 5 nitrogen and oxygen atoms in total. The molecule has 1 aromatic carbocycles. The van der Waals surface area contributed by atoms with Crippen molar-refractivity contribution in [3.63, 3.8) is 0 Å². The molecule has 0 aliphatic carbocycles. The Hall–Kier alpha value is -2.47. The number of fused-ring (bicyclic) bond motifs is 1. The number of carbonyl (C=O) groups is 1. The van der Waals surface area contributed by atoms with Crippen LogP contribution >= 0.6 is 11.3 Å². The zero-order valence-corrected chi connectivity index (χ0v) is 14.1. The zero-order valence-electron chi connectivity index (χ0n) is 13.2. The number of aromatic nitrogens is 2. The van der Waals surface area contributed by atoms with Crippen molar-refractivity contribution in [2.45, 2.75) is 6.92 Å². The first-order chi connectivity index (χ1) is 11.1. The average Bonchev–Trinajstić information content (AvgIpc) is 2.98. The summed E-state index contributed by atoms with van der Waals surface area (Å²) in [4.78, 5) is 22.6. The van der Waals surface area contributed by atoms with Gasteiger partial charge in [-0.1, -0.05) is 29.8 Å². The van der Waals surface area contributed by atoms with E-state index in [-0.39, 0.29) is 12.5 Å². The number of benzene rings is 1. The number of carbonyl (C=O) groups excluding carboxylic acids is 1. The topological polar surface area (TPSA) is 55.3 Å². The van der Waals surface area contributed by atoms with Crippen molar-refractivity contribution in [2.24, 2.45) is 0 Å². The van der Waals surface area contributed by atoms with Crippen LogP contribution in [0.3, 0.4) is 0 Å². The number of ether oxygens (including phenoxy) is 1. The maximum absolute atomic E-state index is 11.7. The summed E-state index contributed by atoms with van der Waals surface area (Å²) in [5, 5.41) is 2.90. The van der Waals surface area contributed by atoms with Gasteiger partial charge in [0.25, 0.3) is 5.91 Å². The molecule has 0 unspecified atom stereocenters. The highest BCUT2D eigenvalue weighted by atomic mass is 32.1. The minimum absolute atomic E-state index is 0.0394. The van der Waals surface area contributed by atoms with Gasteiger partial charge in [-0.2, -0.15) is 0 Å². The average molecular weight is 327 g/mol. The number of amides is 1. The molecule has 0 fully saturated rings. The number of aryl methyl sites for hydroxylation is 1. The summed E-state index contributed by atoms with van der Waals surface area (Å²) in [6.07, 6.45) is 1.47. The Labute approximate surface area is 138 Å². The second-order valence-corrected chi connectivity index (χ2v) is 6.31. The molecule has 3 rings (SSSR count). The Kier molecular flexibility index (Phi) is 4.25. The summed E-state index contributed by atoms with van der Waals surface area (Å²) in [6, 6.07) is 8.27. The first-order valence-electron chi connectivity index (χ1n) is 7.18. The number of thiophene rings is 1. The molecule has 1 amide bonds. The van der Waals surface area contributed by atoms with Crippen molar-refractivity contribution in [2.75, 3.05) is 20.7 Å². The molecule has 0 saturated heterocycles. The fourth-order valence-corrected chi connectivity index (χ4v) is 3.07. The van der Waals surface area contributed by atoms with E-state index in [0.29, 0.717) is 5.88 Å². The van der Waals surface area contributed by atoms with Gasteiger partial charge in [0.2, 0.25) is 5.88 Å². The molecule has 23 heavy (non-hydrogen) atoms. The standard InChI is InChI=1S/C17H17N3O2S/c1-11-4-6-12(7-5-11)13-9-23-17-15(13)16(18-10-19-17)22-8-14(21)20(2)3/h4-7,9-10H,8H2,1-3H3. The summed E-state index contributed by atoms with van der Waals surface area (Å²) in [7, 11) is 3.40. The molecule has 6 heteroatoms. The molecule has 0 spiro atoms. The Morgan fingerprint density at radius 2 is 1.96 bits per heavy atom. The number of nitrogens with zero attached hydrogens (tertiary/aromatic N) is 3. The van der Waals surface area contributed by atoms with Crippen LogP contribution in [0.5, 0.6) is 5.88 Å². The molecular weight excluding hydrogens is 310 g/mol. The van der Waals surface area contributed by atoms with Gasteiger partial charge in [0, 0.05) is 25.0 Å². The monoisotopic (exact) mass is 327 g/mol. The van der Waals surface area contributed by atoms with Crippen molar-refractivity contribution >= 4 is 27.5 Å². The molecule has 0 aliphatic rings. The van der Waals surface area contributed by atoms with Crippen LogP contribution in [0.2, 0.25) is 0 Å². The normalized spacial score (nSPS) is 10.7. The van der Waals surface area contributed by atoms with Gasteiger partial charge in [-0.3, -0.25) is 4.79 Å². The van der Waals surface area contributed by atoms with Gasteiger partial charge in [0.05, 0.1) is 5.39 Å².